The maximum Gasteiger partial charge on any atom is 0.0624 e. The van der Waals surface area contributed by atoms with Gasteiger partial charge in [0.05, 0.1) is 10.0 Å². The molecule has 1 atom stereocenters. The molecule has 1 nitrogen and oxygen atoms in total. The van der Waals surface area contributed by atoms with Gasteiger partial charge in [-0.2, -0.15) is 0 Å². The Morgan fingerprint density at radius 3 is 2.53 bits per heavy atom. The Kier molecular flexibility index (Phi) is 6.32. The van der Waals surface area contributed by atoms with E-state index in [2.05, 4.69) is 32.2 Å². The van der Waals surface area contributed by atoms with E-state index in [1.54, 1.807) is 0 Å². The number of nitrogens with one attached hydrogen (secondary N) is 1. The second kappa shape index (κ2) is 7.25. The first-order valence-electron chi connectivity index (χ1n) is 6.22. The Hall–Kier alpha value is -0.240. The van der Waals surface area contributed by atoms with E-state index in [0.29, 0.717) is 22.0 Å². The summed E-state index contributed by atoms with van der Waals surface area (Å²) in [6, 6.07) is 6.38. The number of hydrogen-bond acceptors (Lipinski definition) is 1. The van der Waals surface area contributed by atoms with Crippen LogP contribution in [0.1, 0.15) is 32.8 Å². The van der Waals surface area contributed by atoms with Crippen molar-refractivity contribution in [2.45, 2.75) is 39.7 Å². The van der Waals surface area contributed by atoms with E-state index in [1.165, 1.54) is 0 Å². The second-order valence-electron chi connectivity index (χ2n) is 4.66. The van der Waals surface area contributed by atoms with Crippen LogP contribution in [0, 0.1) is 5.92 Å². The van der Waals surface area contributed by atoms with Crippen molar-refractivity contribution in [1.82, 2.24) is 5.32 Å². The van der Waals surface area contributed by atoms with E-state index in [1.807, 2.05) is 12.1 Å². The van der Waals surface area contributed by atoms with Gasteiger partial charge in [-0.15, -0.1) is 0 Å². The second-order valence-corrected chi connectivity index (χ2v) is 5.44. The molecule has 1 unspecified atom stereocenters. The Morgan fingerprint density at radius 2 is 1.94 bits per heavy atom. The highest BCUT2D eigenvalue weighted by Crippen LogP contribution is 2.27. The van der Waals surface area contributed by atoms with Crippen molar-refractivity contribution in [3.63, 3.8) is 0 Å². The van der Waals surface area contributed by atoms with Gasteiger partial charge in [-0.05, 0) is 36.9 Å². The third-order valence-corrected chi connectivity index (χ3v) is 3.89. The van der Waals surface area contributed by atoms with Crippen molar-refractivity contribution in [2.75, 3.05) is 6.54 Å². The van der Waals surface area contributed by atoms with Gasteiger partial charge in [-0.1, -0.05) is 56.1 Å². The van der Waals surface area contributed by atoms with Gasteiger partial charge in [0, 0.05) is 6.04 Å². The van der Waals surface area contributed by atoms with Gasteiger partial charge in [-0.25, -0.2) is 0 Å². The summed E-state index contributed by atoms with van der Waals surface area (Å²) < 4.78 is 0. The summed E-state index contributed by atoms with van der Waals surface area (Å²) in [5.74, 6) is 0.632. The minimum absolute atomic E-state index is 0.537. The van der Waals surface area contributed by atoms with Gasteiger partial charge in [-0.3, -0.25) is 0 Å². The fourth-order valence-electron chi connectivity index (χ4n) is 1.99. The molecule has 0 fully saturated rings. The van der Waals surface area contributed by atoms with Crippen LogP contribution in [-0.2, 0) is 6.42 Å². The molecule has 0 heterocycles. The lowest BCUT2D eigenvalue weighted by molar-refractivity contribution is 0.385. The van der Waals surface area contributed by atoms with E-state index in [-0.39, 0.29) is 0 Å². The van der Waals surface area contributed by atoms with Crippen molar-refractivity contribution in [3.8, 4) is 0 Å². The maximum atomic E-state index is 6.18. The number of benzene rings is 1. The zero-order valence-electron chi connectivity index (χ0n) is 10.8. The van der Waals surface area contributed by atoms with E-state index >= 15 is 0 Å². The molecule has 0 aromatic heterocycles. The maximum absolute atomic E-state index is 6.18. The van der Waals surface area contributed by atoms with Gasteiger partial charge in [0.25, 0.3) is 0 Å². The third-order valence-electron chi connectivity index (χ3n) is 3.03. The molecule has 96 valence electrons. The predicted molar refractivity (Wildman–Crippen MR) is 77.1 cm³/mol. The Morgan fingerprint density at radius 1 is 1.24 bits per heavy atom. The highest BCUT2D eigenvalue weighted by atomic mass is 35.5. The highest BCUT2D eigenvalue weighted by Gasteiger charge is 2.13. The first-order valence-corrected chi connectivity index (χ1v) is 6.98. The molecule has 17 heavy (non-hydrogen) atoms. The molecule has 0 saturated carbocycles. The van der Waals surface area contributed by atoms with Crippen molar-refractivity contribution < 1.29 is 0 Å². The van der Waals surface area contributed by atoms with E-state index in [4.69, 9.17) is 23.2 Å². The van der Waals surface area contributed by atoms with Crippen molar-refractivity contribution in [3.05, 3.63) is 33.8 Å². The first-order chi connectivity index (χ1) is 8.06. The van der Waals surface area contributed by atoms with E-state index < -0.39 is 0 Å². The SMILES string of the molecule is CCNC(CCc1cccc(Cl)c1Cl)C(C)C. The van der Waals surface area contributed by atoms with Crippen LogP contribution in [0.15, 0.2) is 18.2 Å². The summed E-state index contributed by atoms with van der Waals surface area (Å²) in [7, 11) is 0. The van der Waals surface area contributed by atoms with Gasteiger partial charge < -0.3 is 5.32 Å². The topological polar surface area (TPSA) is 12.0 Å². The number of aryl methyl sites for hydroxylation is 1. The molecule has 0 aliphatic rings. The van der Waals surface area contributed by atoms with Crippen molar-refractivity contribution in [1.29, 1.82) is 0 Å². The van der Waals surface area contributed by atoms with E-state index in [9.17, 15) is 0 Å². The largest absolute Gasteiger partial charge is 0.314 e. The quantitative estimate of drug-likeness (QED) is 0.801. The average Bonchev–Trinajstić information content (AvgIpc) is 2.29. The number of rotatable bonds is 6. The highest BCUT2D eigenvalue weighted by molar-refractivity contribution is 6.42. The van der Waals surface area contributed by atoms with Crippen LogP contribution >= 0.6 is 23.2 Å². The van der Waals surface area contributed by atoms with Crippen molar-refractivity contribution >= 4 is 23.2 Å². The molecule has 0 radical (unpaired) electrons. The van der Waals surface area contributed by atoms with E-state index in [0.717, 1.165) is 24.9 Å². The molecule has 3 heteroatoms. The molecule has 0 aliphatic carbocycles. The lowest BCUT2D eigenvalue weighted by atomic mass is 9.96. The number of hydrogen-bond donors (Lipinski definition) is 1. The lowest BCUT2D eigenvalue weighted by Gasteiger charge is -2.22. The summed E-state index contributed by atoms with van der Waals surface area (Å²) >= 11 is 12.2. The Bertz CT molecular complexity index is 350. The van der Waals surface area contributed by atoms with Gasteiger partial charge in [0.15, 0.2) is 0 Å². The summed E-state index contributed by atoms with van der Waals surface area (Å²) in [4.78, 5) is 0. The fraction of sp³-hybridized carbons (Fsp3) is 0.571. The Labute approximate surface area is 115 Å². The molecule has 0 amide bonds. The molecule has 0 spiro atoms. The molecular weight excluding hydrogens is 253 g/mol. The van der Waals surface area contributed by atoms with Crippen LogP contribution in [-0.4, -0.2) is 12.6 Å². The predicted octanol–water partition coefficient (Wildman–Crippen LogP) is 4.56. The summed E-state index contributed by atoms with van der Waals surface area (Å²) in [6.45, 7) is 7.63. The smallest absolute Gasteiger partial charge is 0.0624 e. The van der Waals surface area contributed by atoms with Crippen LogP contribution in [0.3, 0.4) is 0 Å². The van der Waals surface area contributed by atoms with Crippen LogP contribution in [0.5, 0.6) is 0 Å². The summed E-state index contributed by atoms with van der Waals surface area (Å²) in [5, 5.41) is 4.86. The van der Waals surface area contributed by atoms with Crippen LogP contribution in [0.4, 0.5) is 0 Å². The molecule has 1 N–H and O–H groups in total. The molecule has 0 saturated heterocycles. The average molecular weight is 274 g/mol. The third kappa shape index (κ3) is 4.50. The van der Waals surface area contributed by atoms with Gasteiger partial charge >= 0.3 is 0 Å². The molecule has 0 bridgehead atoms. The first kappa shape index (κ1) is 14.8. The van der Waals surface area contributed by atoms with Crippen LogP contribution in [0.25, 0.3) is 0 Å². The van der Waals surface area contributed by atoms with Gasteiger partial charge in [0.2, 0.25) is 0 Å². The summed E-state index contributed by atoms with van der Waals surface area (Å²) in [6.07, 6.45) is 2.06. The fourth-order valence-corrected chi connectivity index (χ4v) is 2.40. The number of halogens is 2. The molecule has 1 aromatic carbocycles. The van der Waals surface area contributed by atoms with Crippen LogP contribution in [0.2, 0.25) is 10.0 Å². The zero-order valence-corrected chi connectivity index (χ0v) is 12.3. The zero-order chi connectivity index (χ0) is 12.8. The molecule has 1 aromatic rings. The standard InChI is InChI=1S/C14H21Cl2N/c1-4-17-13(10(2)3)9-8-11-6-5-7-12(15)14(11)16/h5-7,10,13,17H,4,8-9H2,1-3H3. The molecule has 1 rings (SSSR count). The minimum Gasteiger partial charge on any atom is -0.314 e. The molecule has 0 aliphatic heterocycles. The Balaban J connectivity index is 2.62. The van der Waals surface area contributed by atoms with Gasteiger partial charge in [0.1, 0.15) is 0 Å². The van der Waals surface area contributed by atoms with Crippen molar-refractivity contribution in [2.24, 2.45) is 5.92 Å². The minimum atomic E-state index is 0.537. The normalized spacial score (nSPS) is 13.1. The monoisotopic (exact) mass is 273 g/mol. The summed E-state index contributed by atoms with van der Waals surface area (Å²) in [5.41, 5.74) is 1.14. The molecular formula is C14H21Cl2N. The van der Waals surface area contributed by atoms with Crippen LogP contribution < -0.4 is 5.32 Å². The lowest BCUT2D eigenvalue weighted by Crippen LogP contribution is -2.34.